The van der Waals surface area contributed by atoms with E-state index in [-0.39, 0.29) is 4.90 Å². The Kier molecular flexibility index (Phi) is 4.30. The quantitative estimate of drug-likeness (QED) is 0.517. The van der Waals surface area contributed by atoms with Gasteiger partial charge in [-0.05, 0) is 24.0 Å². The normalized spacial score (nSPS) is 13.3. The van der Waals surface area contributed by atoms with Crippen molar-refractivity contribution >= 4 is 32.8 Å². The van der Waals surface area contributed by atoms with E-state index in [0.717, 1.165) is 10.9 Å². The van der Waals surface area contributed by atoms with Crippen LogP contribution in [0.5, 0.6) is 0 Å². The molecule has 10 heteroatoms. The van der Waals surface area contributed by atoms with E-state index in [0.29, 0.717) is 16.5 Å². The lowest BCUT2D eigenvalue weighted by Crippen LogP contribution is -2.16. The predicted molar refractivity (Wildman–Crippen MR) is 91.9 cm³/mol. The number of hydrogen-bond donors (Lipinski definition) is 2. The Morgan fingerprint density at radius 3 is 2.46 bits per heavy atom. The Morgan fingerprint density at radius 2 is 1.88 bits per heavy atom. The molecule has 2 aromatic heterocycles. The van der Waals surface area contributed by atoms with Crippen molar-refractivity contribution in [3.05, 3.63) is 41.7 Å². The van der Waals surface area contributed by atoms with Crippen molar-refractivity contribution in [2.45, 2.75) is 16.1 Å². The fraction of sp³-hybridized carbons (Fsp3) is 0.214. The third-order valence-electron chi connectivity index (χ3n) is 3.65. The van der Waals surface area contributed by atoms with Gasteiger partial charge in [-0.2, -0.15) is 5.10 Å². The number of sulfonamides is 1. The van der Waals surface area contributed by atoms with E-state index in [2.05, 4.69) is 15.1 Å². The number of thioether (sulfide) groups is 1. The molecule has 4 N–H and O–H groups in total. The van der Waals surface area contributed by atoms with Gasteiger partial charge in [0.05, 0.1) is 28.2 Å². The van der Waals surface area contributed by atoms with Gasteiger partial charge in [-0.25, -0.2) is 23.5 Å². The molecule has 0 aliphatic rings. The minimum Gasteiger partial charge on any atom is -0.319 e. The van der Waals surface area contributed by atoms with E-state index in [4.69, 9.17) is 10.9 Å². The summed E-state index contributed by atoms with van der Waals surface area (Å²) in [6.07, 6.45) is 3.56. The molecular weight excluding hydrogens is 348 g/mol. The van der Waals surface area contributed by atoms with Crippen LogP contribution in [0.1, 0.15) is 17.3 Å². The topological polar surface area (TPSA) is 130 Å². The van der Waals surface area contributed by atoms with E-state index >= 15 is 0 Å². The highest BCUT2D eigenvalue weighted by Crippen LogP contribution is 2.27. The molecule has 0 aliphatic carbocycles. The summed E-state index contributed by atoms with van der Waals surface area (Å²) < 4.78 is 24.4. The highest BCUT2D eigenvalue weighted by atomic mass is 32.2. The molecule has 0 bridgehead atoms. The van der Waals surface area contributed by atoms with Crippen molar-refractivity contribution in [2.75, 3.05) is 6.26 Å². The Morgan fingerprint density at radius 1 is 1.21 bits per heavy atom. The average Bonchev–Trinajstić information content (AvgIpc) is 2.94. The predicted octanol–water partition coefficient (Wildman–Crippen LogP) is 0.781. The SMILES string of the molecule is CSc1nc(C(N)c2ccc(S(N)(=O)=O)cc2)c2cnn(C)c2n1. The van der Waals surface area contributed by atoms with Crippen LogP contribution >= 0.6 is 11.8 Å². The number of aryl methyl sites for hydroxylation is 1. The summed E-state index contributed by atoms with van der Waals surface area (Å²) in [5.41, 5.74) is 8.41. The van der Waals surface area contributed by atoms with Crippen molar-refractivity contribution in [2.24, 2.45) is 17.9 Å². The summed E-state index contributed by atoms with van der Waals surface area (Å²) in [5.74, 6) is 0. The third kappa shape index (κ3) is 3.00. The van der Waals surface area contributed by atoms with E-state index < -0.39 is 16.1 Å². The first-order valence-electron chi connectivity index (χ1n) is 6.93. The Labute approximate surface area is 143 Å². The molecule has 0 fully saturated rings. The maximum Gasteiger partial charge on any atom is 0.238 e. The first-order chi connectivity index (χ1) is 11.3. The maximum atomic E-state index is 11.4. The van der Waals surface area contributed by atoms with E-state index in [9.17, 15) is 8.42 Å². The molecular formula is C14H16N6O2S2. The second kappa shape index (κ2) is 6.13. The summed E-state index contributed by atoms with van der Waals surface area (Å²) in [7, 11) is -1.93. The van der Waals surface area contributed by atoms with E-state index in [1.807, 2.05) is 6.26 Å². The van der Waals surface area contributed by atoms with Crippen LogP contribution in [0.2, 0.25) is 0 Å². The first kappa shape index (κ1) is 16.8. The van der Waals surface area contributed by atoms with Crippen LogP contribution in [0.4, 0.5) is 0 Å². The van der Waals surface area contributed by atoms with Crippen molar-refractivity contribution in [3.63, 3.8) is 0 Å². The molecule has 8 nitrogen and oxygen atoms in total. The Hall–Kier alpha value is -2.01. The second-order valence-corrected chi connectivity index (χ2v) is 7.53. The monoisotopic (exact) mass is 364 g/mol. The number of nitrogens with two attached hydrogens (primary N) is 2. The molecule has 0 saturated carbocycles. The molecule has 126 valence electrons. The van der Waals surface area contributed by atoms with Gasteiger partial charge >= 0.3 is 0 Å². The summed E-state index contributed by atoms with van der Waals surface area (Å²) in [6, 6.07) is 5.59. The zero-order chi connectivity index (χ0) is 17.5. The lowest BCUT2D eigenvalue weighted by molar-refractivity contribution is 0.597. The van der Waals surface area contributed by atoms with Crippen LogP contribution in [0.3, 0.4) is 0 Å². The molecule has 1 unspecified atom stereocenters. The lowest BCUT2D eigenvalue weighted by Gasteiger charge is -2.14. The van der Waals surface area contributed by atoms with Gasteiger partial charge in [-0.1, -0.05) is 23.9 Å². The highest BCUT2D eigenvalue weighted by molar-refractivity contribution is 7.98. The minimum absolute atomic E-state index is 0.0393. The van der Waals surface area contributed by atoms with Gasteiger partial charge in [0.2, 0.25) is 10.0 Å². The molecule has 0 amide bonds. The van der Waals surface area contributed by atoms with Gasteiger partial charge in [0.15, 0.2) is 10.8 Å². The van der Waals surface area contributed by atoms with Crippen molar-refractivity contribution in [3.8, 4) is 0 Å². The van der Waals surface area contributed by atoms with Crippen LogP contribution in [0.25, 0.3) is 11.0 Å². The highest BCUT2D eigenvalue weighted by Gasteiger charge is 2.19. The van der Waals surface area contributed by atoms with Gasteiger partial charge in [0, 0.05) is 7.05 Å². The standard InChI is InChI=1S/C14H16N6O2S2/c1-20-13-10(7-17-20)12(18-14(19-13)23-2)11(15)8-3-5-9(6-4-8)24(16,21)22/h3-7,11H,15H2,1-2H3,(H2,16,21,22). The molecule has 3 rings (SSSR count). The maximum absolute atomic E-state index is 11.4. The third-order valence-corrected chi connectivity index (χ3v) is 5.12. The van der Waals surface area contributed by atoms with Gasteiger partial charge in [0.25, 0.3) is 0 Å². The number of nitrogens with zero attached hydrogens (tertiary/aromatic N) is 4. The lowest BCUT2D eigenvalue weighted by atomic mass is 10.0. The van der Waals surface area contributed by atoms with Crippen LogP contribution in [-0.4, -0.2) is 34.4 Å². The fourth-order valence-corrected chi connectivity index (χ4v) is 3.26. The molecule has 0 spiro atoms. The zero-order valence-electron chi connectivity index (χ0n) is 13.0. The molecule has 1 atom stereocenters. The van der Waals surface area contributed by atoms with Gasteiger partial charge < -0.3 is 5.73 Å². The van der Waals surface area contributed by atoms with Crippen LogP contribution in [-0.2, 0) is 17.1 Å². The van der Waals surface area contributed by atoms with Crippen molar-refractivity contribution < 1.29 is 8.42 Å². The number of fused-ring (bicyclic) bond motifs is 1. The Bertz CT molecular complexity index is 998. The van der Waals surface area contributed by atoms with Gasteiger partial charge in [-0.15, -0.1) is 0 Å². The molecule has 0 radical (unpaired) electrons. The molecule has 0 saturated heterocycles. The average molecular weight is 364 g/mol. The molecule has 1 aromatic carbocycles. The summed E-state index contributed by atoms with van der Waals surface area (Å²) in [4.78, 5) is 8.99. The smallest absolute Gasteiger partial charge is 0.238 e. The van der Waals surface area contributed by atoms with Gasteiger partial charge in [0.1, 0.15) is 0 Å². The Balaban J connectivity index is 2.09. The van der Waals surface area contributed by atoms with Crippen molar-refractivity contribution in [1.82, 2.24) is 19.7 Å². The number of primary sulfonamides is 1. The zero-order valence-corrected chi connectivity index (χ0v) is 14.7. The van der Waals surface area contributed by atoms with Crippen LogP contribution < -0.4 is 10.9 Å². The van der Waals surface area contributed by atoms with Crippen LogP contribution in [0.15, 0.2) is 40.5 Å². The molecule has 0 aliphatic heterocycles. The van der Waals surface area contributed by atoms with Gasteiger partial charge in [-0.3, -0.25) is 4.68 Å². The summed E-state index contributed by atoms with van der Waals surface area (Å²) in [6.45, 7) is 0. The largest absolute Gasteiger partial charge is 0.319 e. The number of hydrogen-bond acceptors (Lipinski definition) is 7. The number of benzene rings is 1. The first-order valence-corrected chi connectivity index (χ1v) is 9.70. The van der Waals surface area contributed by atoms with Crippen molar-refractivity contribution in [1.29, 1.82) is 0 Å². The number of rotatable bonds is 4. The van der Waals surface area contributed by atoms with Crippen LogP contribution in [0, 0.1) is 0 Å². The fourth-order valence-electron chi connectivity index (χ4n) is 2.37. The summed E-state index contributed by atoms with van der Waals surface area (Å²) >= 11 is 1.41. The summed E-state index contributed by atoms with van der Waals surface area (Å²) in [5, 5.41) is 10.7. The second-order valence-electron chi connectivity index (χ2n) is 5.19. The molecule has 3 aromatic rings. The van der Waals surface area contributed by atoms with E-state index in [1.165, 1.54) is 23.9 Å². The molecule has 24 heavy (non-hydrogen) atoms. The molecule has 2 heterocycles. The minimum atomic E-state index is -3.74. The number of aromatic nitrogens is 4. The van der Waals surface area contributed by atoms with E-state index in [1.54, 1.807) is 30.1 Å².